The smallest absolute Gasteiger partial charge is 0.321 e. The fourth-order valence-corrected chi connectivity index (χ4v) is 4.30. The Balaban J connectivity index is 1.50. The van der Waals surface area contributed by atoms with E-state index in [-0.39, 0.29) is 29.4 Å². The lowest BCUT2D eigenvalue weighted by Gasteiger charge is -2.29. The lowest BCUT2D eigenvalue weighted by Crippen LogP contribution is -2.41. The van der Waals surface area contributed by atoms with Crippen LogP contribution < -0.4 is 9.47 Å². The second-order valence-corrected chi connectivity index (χ2v) is 9.59. The molecular formula is C22H19F2N5O4S. The molecule has 3 heterocycles. The second-order valence-electron chi connectivity index (χ2n) is 7.61. The predicted octanol–water partition coefficient (Wildman–Crippen LogP) is 3.28. The highest BCUT2D eigenvalue weighted by molar-refractivity contribution is 7.88. The summed E-state index contributed by atoms with van der Waals surface area (Å²) in [6.45, 7) is 0.625. The number of hydrogen-bond donors (Lipinski definition) is 0. The number of hydrogen-bond acceptors (Lipinski definition) is 8. The first-order valence-electron chi connectivity index (χ1n) is 10.2. The van der Waals surface area contributed by atoms with Crippen LogP contribution in [-0.4, -0.2) is 53.1 Å². The number of halogens is 2. The van der Waals surface area contributed by atoms with Crippen LogP contribution in [0.25, 0.3) is 11.1 Å². The van der Waals surface area contributed by atoms with Gasteiger partial charge in [0.1, 0.15) is 17.9 Å². The van der Waals surface area contributed by atoms with Crippen LogP contribution in [0.15, 0.2) is 42.7 Å². The Morgan fingerprint density at radius 2 is 1.82 bits per heavy atom. The first kappa shape index (κ1) is 23.5. The summed E-state index contributed by atoms with van der Waals surface area (Å²) in [4.78, 5) is 12.3. The number of rotatable bonds is 6. The van der Waals surface area contributed by atoms with E-state index < -0.39 is 21.7 Å². The molecule has 3 aromatic rings. The maximum Gasteiger partial charge on any atom is 0.321 e. The van der Waals surface area contributed by atoms with Crippen LogP contribution in [-0.2, 0) is 10.0 Å². The third-order valence-corrected chi connectivity index (χ3v) is 6.43. The van der Waals surface area contributed by atoms with E-state index >= 15 is 0 Å². The molecule has 4 rings (SSSR count). The number of pyridine rings is 1. The molecule has 0 radical (unpaired) electrons. The average molecular weight is 487 g/mol. The second kappa shape index (κ2) is 9.66. The third kappa shape index (κ3) is 5.62. The van der Waals surface area contributed by atoms with E-state index in [2.05, 4.69) is 15.0 Å². The molecule has 1 aliphatic heterocycles. The minimum Gasteiger partial charge on any atom is -0.460 e. The van der Waals surface area contributed by atoms with E-state index in [0.29, 0.717) is 37.1 Å². The van der Waals surface area contributed by atoms with Gasteiger partial charge < -0.3 is 9.47 Å². The fourth-order valence-electron chi connectivity index (χ4n) is 3.43. The summed E-state index contributed by atoms with van der Waals surface area (Å²) in [6, 6.07) is 8.22. The molecule has 1 fully saturated rings. The molecule has 34 heavy (non-hydrogen) atoms. The van der Waals surface area contributed by atoms with Crippen LogP contribution >= 0.6 is 0 Å². The Labute approximate surface area is 194 Å². The lowest BCUT2D eigenvalue weighted by molar-refractivity contribution is 0.123. The van der Waals surface area contributed by atoms with Gasteiger partial charge in [0.25, 0.3) is 0 Å². The molecule has 0 N–H and O–H groups in total. The molecule has 2 aromatic heterocycles. The van der Waals surface area contributed by atoms with Crippen molar-refractivity contribution >= 4 is 10.0 Å². The first-order valence-corrected chi connectivity index (χ1v) is 12.1. The van der Waals surface area contributed by atoms with E-state index in [1.807, 2.05) is 6.07 Å². The van der Waals surface area contributed by atoms with Crippen LogP contribution in [0, 0.1) is 23.0 Å². The highest BCUT2D eigenvalue weighted by atomic mass is 32.2. The summed E-state index contributed by atoms with van der Waals surface area (Å²) in [7, 11) is -3.26. The van der Waals surface area contributed by atoms with Gasteiger partial charge >= 0.3 is 6.01 Å². The average Bonchev–Trinajstić information content (AvgIpc) is 2.80. The van der Waals surface area contributed by atoms with Crippen molar-refractivity contribution in [3.05, 3.63) is 60.1 Å². The fraction of sp³-hybridized carbons (Fsp3) is 0.273. The zero-order valence-corrected chi connectivity index (χ0v) is 18.8. The van der Waals surface area contributed by atoms with Crippen molar-refractivity contribution < 1.29 is 26.7 Å². The Morgan fingerprint density at radius 1 is 1.06 bits per heavy atom. The minimum absolute atomic E-state index is 0.0123. The first-order chi connectivity index (χ1) is 16.2. The number of piperidine rings is 1. The van der Waals surface area contributed by atoms with Gasteiger partial charge in [-0.15, -0.1) is 0 Å². The van der Waals surface area contributed by atoms with E-state index in [1.54, 1.807) is 6.07 Å². The maximum absolute atomic E-state index is 13.6. The highest BCUT2D eigenvalue weighted by Crippen LogP contribution is 2.28. The van der Waals surface area contributed by atoms with Crippen LogP contribution in [0.3, 0.4) is 0 Å². The summed E-state index contributed by atoms with van der Waals surface area (Å²) in [6.07, 6.45) is 4.61. The summed E-state index contributed by atoms with van der Waals surface area (Å²) in [5.41, 5.74) is 0.903. The van der Waals surface area contributed by atoms with Gasteiger partial charge in [-0.1, -0.05) is 6.07 Å². The quantitative estimate of drug-likeness (QED) is 0.520. The van der Waals surface area contributed by atoms with Crippen LogP contribution in [0.4, 0.5) is 8.78 Å². The zero-order chi connectivity index (χ0) is 24.3. The molecule has 0 amide bonds. The summed E-state index contributed by atoms with van der Waals surface area (Å²) < 4.78 is 63.0. The summed E-state index contributed by atoms with van der Waals surface area (Å²) >= 11 is 0. The largest absolute Gasteiger partial charge is 0.460 e. The zero-order valence-electron chi connectivity index (χ0n) is 18.0. The Kier molecular flexibility index (Phi) is 6.67. The van der Waals surface area contributed by atoms with E-state index in [9.17, 15) is 22.5 Å². The molecule has 12 heteroatoms. The van der Waals surface area contributed by atoms with Crippen LogP contribution in [0.5, 0.6) is 17.6 Å². The number of nitrogens with zero attached hydrogens (tertiary/aromatic N) is 5. The normalized spacial score (nSPS) is 15.0. The van der Waals surface area contributed by atoms with Gasteiger partial charge in [0.05, 0.1) is 12.5 Å². The number of ether oxygens (including phenoxy) is 2. The number of sulfonamides is 1. The molecule has 9 nitrogen and oxygen atoms in total. The molecule has 0 atom stereocenters. The number of nitriles is 1. The predicted molar refractivity (Wildman–Crippen MR) is 116 cm³/mol. The Bertz CT molecular complexity index is 1360. The molecule has 1 aromatic carbocycles. The third-order valence-electron chi connectivity index (χ3n) is 5.13. The van der Waals surface area contributed by atoms with Crippen molar-refractivity contribution in [2.24, 2.45) is 0 Å². The Morgan fingerprint density at radius 3 is 2.50 bits per heavy atom. The molecule has 0 bridgehead atoms. The number of aromatic nitrogens is 3. The van der Waals surface area contributed by atoms with Crippen molar-refractivity contribution in [3.63, 3.8) is 0 Å². The topological polar surface area (TPSA) is 118 Å². The van der Waals surface area contributed by atoms with E-state index in [1.165, 1.54) is 28.8 Å². The molecular weight excluding hydrogens is 468 g/mol. The Hall–Kier alpha value is -3.69. The van der Waals surface area contributed by atoms with E-state index in [0.717, 1.165) is 18.4 Å². The molecule has 0 unspecified atom stereocenters. The van der Waals surface area contributed by atoms with Crippen molar-refractivity contribution in [1.29, 1.82) is 5.26 Å². The van der Waals surface area contributed by atoms with Gasteiger partial charge in [-0.05, 0) is 36.6 Å². The van der Waals surface area contributed by atoms with Crippen molar-refractivity contribution in [3.8, 4) is 34.8 Å². The van der Waals surface area contributed by atoms with Gasteiger partial charge in [0.15, 0.2) is 17.3 Å². The van der Waals surface area contributed by atoms with Crippen molar-refractivity contribution in [1.82, 2.24) is 19.3 Å². The standard InChI is InChI=1S/C22H19F2N5O4S/c1-34(30,31)29-6-4-17(5-7-29)33-22-27-16(11-25)10-21(28-22)32-18-8-15(12-26-13-18)14-2-3-19(23)20(24)9-14/h2-3,8-10,12-13,17H,4-7H2,1H3. The minimum atomic E-state index is -3.26. The van der Waals surface area contributed by atoms with Crippen molar-refractivity contribution in [2.45, 2.75) is 18.9 Å². The van der Waals surface area contributed by atoms with E-state index in [4.69, 9.17) is 9.47 Å². The number of benzene rings is 1. The molecule has 0 saturated carbocycles. The molecule has 176 valence electrons. The highest BCUT2D eigenvalue weighted by Gasteiger charge is 2.26. The van der Waals surface area contributed by atoms with Gasteiger partial charge in [0, 0.05) is 30.9 Å². The maximum atomic E-state index is 13.6. The molecule has 0 spiro atoms. The molecule has 1 aliphatic rings. The van der Waals surface area contributed by atoms with Crippen molar-refractivity contribution in [2.75, 3.05) is 19.3 Å². The van der Waals surface area contributed by atoms with Gasteiger partial charge in [-0.3, -0.25) is 4.98 Å². The molecule has 1 saturated heterocycles. The molecule has 0 aliphatic carbocycles. The van der Waals surface area contributed by atoms with Gasteiger partial charge in [0.2, 0.25) is 15.9 Å². The lowest BCUT2D eigenvalue weighted by atomic mass is 10.1. The monoisotopic (exact) mass is 487 g/mol. The summed E-state index contributed by atoms with van der Waals surface area (Å²) in [5, 5.41) is 9.32. The van der Waals surface area contributed by atoms with Crippen LogP contribution in [0.2, 0.25) is 0 Å². The summed E-state index contributed by atoms with van der Waals surface area (Å²) in [5.74, 6) is -1.66. The SMILES string of the molecule is CS(=O)(=O)N1CCC(Oc2nc(C#N)cc(Oc3cncc(-c4ccc(F)c(F)c4)c3)n2)CC1. The van der Waals surface area contributed by atoms with Gasteiger partial charge in [-0.25, -0.2) is 21.5 Å². The van der Waals surface area contributed by atoms with Crippen LogP contribution in [0.1, 0.15) is 18.5 Å². The van der Waals surface area contributed by atoms with Gasteiger partial charge in [-0.2, -0.15) is 15.2 Å².